The van der Waals surface area contributed by atoms with Gasteiger partial charge in [0.2, 0.25) is 17.8 Å². The zero-order chi connectivity index (χ0) is 24.9. The van der Waals surface area contributed by atoms with Gasteiger partial charge in [0.25, 0.3) is 0 Å². The van der Waals surface area contributed by atoms with Crippen LogP contribution in [0, 0.1) is 5.92 Å². The van der Waals surface area contributed by atoms with Crippen molar-refractivity contribution < 1.29 is 4.79 Å². The molecule has 1 aromatic heterocycles. The Morgan fingerprint density at radius 1 is 1.09 bits per heavy atom. The Labute approximate surface area is 206 Å². The fraction of sp³-hybridized carbons (Fsp3) is 0.840. The zero-order valence-corrected chi connectivity index (χ0v) is 22.4. The molecule has 1 unspecified atom stereocenters. The van der Waals surface area contributed by atoms with Gasteiger partial charge in [0, 0.05) is 44.3 Å². The normalized spacial score (nSPS) is 21.8. The maximum absolute atomic E-state index is 13.1. The van der Waals surface area contributed by atoms with Crippen LogP contribution in [0.3, 0.4) is 0 Å². The van der Waals surface area contributed by atoms with Crippen molar-refractivity contribution in [3.63, 3.8) is 0 Å². The molecule has 1 amide bonds. The van der Waals surface area contributed by atoms with Gasteiger partial charge in [-0.15, -0.1) is 0 Å². The summed E-state index contributed by atoms with van der Waals surface area (Å²) in [6.45, 7) is 18.8. The lowest BCUT2D eigenvalue weighted by atomic mass is 9.90. The number of nitrogens with one attached hydrogen (secondary N) is 2. The van der Waals surface area contributed by atoms with Crippen molar-refractivity contribution in [1.29, 1.82) is 0 Å². The lowest BCUT2D eigenvalue weighted by Crippen LogP contribution is -2.70. The average Bonchev–Trinajstić information content (AvgIpc) is 2.70. The summed E-state index contributed by atoms with van der Waals surface area (Å²) in [7, 11) is 0. The minimum Gasteiger partial charge on any atom is -0.338 e. The highest BCUT2D eigenvalue weighted by molar-refractivity contribution is 5.86. The van der Waals surface area contributed by atoms with E-state index < -0.39 is 5.54 Å². The van der Waals surface area contributed by atoms with Crippen molar-refractivity contribution in [2.75, 3.05) is 42.6 Å². The third kappa shape index (κ3) is 7.01. The van der Waals surface area contributed by atoms with Crippen LogP contribution in [0.2, 0.25) is 0 Å². The number of anilines is 2. The molecule has 0 radical (unpaired) electrons. The van der Waals surface area contributed by atoms with E-state index in [1.807, 2.05) is 18.7 Å². The molecule has 2 saturated heterocycles. The van der Waals surface area contributed by atoms with E-state index in [1.165, 1.54) is 12.8 Å². The molecule has 1 aromatic rings. The zero-order valence-electron chi connectivity index (χ0n) is 22.4. The monoisotopic (exact) mass is 474 g/mol. The van der Waals surface area contributed by atoms with Gasteiger partial charge in [0.15, 0.2) is 0 Å². The first-order valence-electron chi connectivity index (χ1n) is 13.0. The number of carbonyl (C=O) groups excluding carboxylic acids is 1. The molecule has 0 bridgehead atoms. The molecule has 2 aliphatic rings. The van der Waals surface area contributed by atoms with Crippen molar-refractivity contribution in [3.8, 4) is 0 Å². The maximum Gasteiger partial charge on any atom is 0.244 e. The molecule has 2 aliphatic heterocycles. The summed E-state index contributed by atoms with van der Waals surface area (Å²) in [6.07, 6.45) is 7.43. The molecule has 3 heterocycles. The highest BCUT2D eigenvalue weighted by atomic mass is 16.2. The van der Waals surface area contributed by atoms with Gasteiger partial charge in [-0.2, -0.15) is 9.97 Å². The fourth-order valence-corrected chi connectivity index (χ4v) is 5.38. The van der Waals surface area contributed by atoms with Crippen molar-refractivity contribution in [3.05, 3.63) is 6.33 Å². The highest BCUT2D eigenvalue weighted by Crippen LogP contribution is 2.24. The largest absolute Gasteiger partial charge is 0.338 e. The van der Waals surface area contributed by atoms with Crippen molar-refractivity contribution in [2.24, 2.45) is 5.92 Å². The van der Waals surface area contributed by atoms with E-state index in [4.69, 9.17) is 4.98 Å². The second kappa shape index (κ2) is 11.2. The summed E-state index contributed by atoms with van der Waals surface area (Å²) < 4.78 is 0. The van der Waals surface area contributed by atoms with E-state index in [1.54, 1.807) is 6.33 Å². The number of nitrogens with zero attached hydrogens (tertiary/aromatic N) is 6. The Morgan fingerprint density at radius 3 is 2.56 bits per heavy atom. The number of hydrazine groups is 1. The van der Waals surface area contributed by atoms with Crippen LogP contribution in [0.5, 0.6) is 0 Å². The second-order valence-corrected chi connectivity index (χ2v) is 11.6. The summed E-state index contributed by atoms with van der Waals surface area (Å²) in [5, 5.41) is 5.55. The molecule has 2 fully saturated rings. The molecule has 192 valence electrons. The third-order valence-electron chi connectivity index (χ3n) is 6.67. The summed E-state index contributed by atoms with van der Waals surface area (Å²) in [4.78, 5) is 31.3. The Balaban J connectivity index is 1.80. The summed E-state index contributed by atoms with van der Waals surface area (Å²) in [5.41, 5.74) is 2.76. The van der Waals surface area contributed by atoms with Gasteiger partial charge in [-0.3, -0.25) is 15.1 Å². The topological polar surface area (TPSA) is 89.5 Å². The van der Waals surface area contributed by atoms with Crippen LogP contribution < -0.4 is 20.7 Å². The van der Waals surface area contributed by atoms with Gasteiger partial charge >= 0.3 is 0 Å². The minimum atomic E-state index is -0.576. The highest BCUT2D eigenvalue weighted by Gasteiger charge is 2.43. The van der Waals surface area contributed by atoms with E-state index in [2.05, 4.69) is 65.2 Å². The van der Waals surface area contributed by atoms with Crippen molar-refractivity contribution in [1.82, 2.24) is 30.6 Å². The van der Waals surface area contributed by atoms with Crippen molar-refractivity contribution >= 4 is 17.8 Å². The van der Waals surface area contributed by atoms with Gasteiger partial charge in [-0.1, -0.05) is 26.7 Å². The van der Waals surface area contributed by atoms with E-state index in [0.717, 1.165) is 32.4 Å². The molecule has 0 aliphatic carbocycles. The first-order chi connectivity index (χ1) is 16.0. The Hall–Kier alpha value is -2.00. The standard InChI is InChI=1S/C25H46N8O/c1-19(2)16-20(3)32(15-14-31-17-24(4,5)30-25(6,7)21(31)34)22-26-18-27-23(29-22)33-13-11-9-8-10-12-28-33/h18-20,28,30H,8-17H2,1-7H3. The number of rotatable bonds is 8. The number of hydrogen-bond donors (Lipinski definition) is 2. The first kappa shape index (κ1) is 26.6. The predicted octanol–water partition coefficient (Wildman–Crippen LogP) is 2.99. The molecular weight excluding hydrogens is 428 g/mol. The third-order valence-corrected chi connectivity index (χ3v) is 6.67. The number of amides is 1. The van der Waals surface area contributed by atoms with Crippen LogP contribution in [0.25, 0.3) is 0 Å². The summed E-state index contributed by atoms with van der Waals surface area (Å²) in [5.74, 6) is 2.05. The van der Waals surface area contributed by atoms with Crippen LogP contribution in [-0.2, 0) is 4.79 Å². The van der Waals surface area contributed by atoms with Gasteiger partial charge in [0.05, 0.1) is 5.54 Å². The molecule has 9 nitrogen and oxygen atoms in total. The van der Waals surface area contributed by atoms with Crippen LogP contribution in [0.1, 0.15) is 80.6 Å². The molecule has 0 saturated carbocycles. The van der Waals surface area contributed by atoms with Gasteiger partial charge in [-0.05, 0) is 59.8 Å². The maximum atomic E-state index is 13.1. The van der Waals surface area contributed by atoms with E-state index in [9.17, 15) is 4.79 Å². The van der Waals surface area contributed by atoms with E-state index >= 15 is 0 Å². The predicted molar refractivity (Wildman–Crippen MR) is 138 cm³/mol. The van der Waals surface area contributed by atoms with E-state index in [0.29, 0.717) is 37.4 Å². The van der Waals surface area contributed by atoms with Gasteiger partial charge in [-0.25, -0.2) is 10.4 Å². The SMILES string of the molecule is CC(C)CC(C)N(CCN1CC(C)(C)NC(C)(C)C1=O)c1ncnc(N2CCCCCCN2)n1. The lowest BCUT2D eigenvalue weighted by Gasteiger charge is -2.47. The molecule has 34 heavy (non-hydrogen) atoms. The van der Waals surface area contributed by atoms with Crippen molar-refractivity contribution in [2.45, 2.75) is 97.7 Å². The molecule has 1 atom stereocenters. The number of hydrogen-bond acceptors (Lipinski definition) is 8. The molecule has 3 rings (SSSR count). The molecule has 9 heteroatoms. The fourth-order valence-electron chi connectivity index (χ4n) is 5.38. The quantitative estimate of drug-likeness (QED) is 0.594. The Bertz CT molecular complexity index is 804. The average molecular weight is 475 g/mol. The molecule has 2 N–H and O–H groups in total. The summed E-state index contributed by atoms with van der Waals surface area (Å²) in [6, 6.07) is 0.245. The van der Waals surface area contributed by atoms with Gasteiger partial charge < -0.3 is 9.80 Å². The minimum absolute atomic E-state index is 0.136. The van der Waals surface area contributed by atoms with Gasteiger partial charge in [0.1, 0.15) is 6.33 Å². The number of piperazine rings is 1. The second-order valence-electron chi connectivity index (χ2n) is 11.6. The van der Waals surface area contributed by atoms with Crippen LogP contribution >= 0.6 is 0 Å². The molecule has 0 spiro atoms. The first-order valence-corrected chi connectivity index (χ1v) is 13.0. The number of aromatic nitrogens is 3. The lowest BCUT2D eigenvalue weighted by molar-refractivity contribution is -0.143. The molecular formula is C25H46N8O. The Kier molecular flexibility index (Phi) is 8.73. The smallest absolute Gasteiger partial charge is 0.244 e. The summed E-state index contributed by atoms with van der Waals surface area (Å²) >= 11 is 0. The van der Waals surface area contributed by atoms with E-state index in [-0.39, 0.29) is 17.5 Å². The van der Waals surface area contributed by atoms with Crippen LogP contribution in [-0.4, -0.2) is 75.6 Å². The molecule has 0 aromatic carbocycles. The van der Waals surface area contributed by atoms with Crippen LogP contribution in [0.15, 0.2) is 6.33 Å². The Morgan fingerprint density at radius 2 is 1.82 bits per heavy atom. The van der Waals surface area contributed by atoms with Crippen LogP contribution in [0.4, 0.5) is 11.9 Å². The number of carbonyl (C=O) groups is 1.